The van der Waals surface area contributed by atoms with Crippen LogP contribution in [0, 0.1) is 0 Å². The van der Waals surface area contributed by atoms with E-state index < -0.39 is 0 Å². The third-order valence-corrected chi connectivity index (χ3v) is 3.92. The normalized spacial score (nSPS) is 11.8. The third kappa shape index (κ3) is 3.22. The third-order valence-electron chi connectivity index (χ3n) is 1.87. The number of hydrogen-bond donors (Lipinski definition) is 1. The summed E-state index contributed by atoms with van der Waals surface area (Å²) in [6, 6.07) is 8.06. The van der Waals surface area contributed by atoms with Gasteiger partial charge in [0.25, 0.3) is 5.22 Å². The van der Waals surface area contributed by atoms with Crippen LogP contribution in [0.1, 0.15) is 5.56 Å². The van der Waals surface area contributed by atoms with Gasteiger partial charge in [-0.1, -0.05) is 24.8 Å². The van der Waals surface area contributed by atoms with Crippen LogP contribution in [0.5, 0.6) is 0 Å². The maximum atomic E-state index is 5.23. The van der Waals surface area contributed by atoms with Crippen molar-refractivity contribution in [2.24, 2.45) is 0 Å². The first-order valence-electron chi connectivity index (χ1n) is 4.17. The van der Waals surface area contributed by atoms with Gasteiger partial charge in [0.1, 0.15) is -0.565 Å². The second kappa shape index (κ2) is 5.26. The monoisotopic (exact) mass is 570 g/mol. The van der Waals surface area contributed by atoms with Crippen LogP contribution in [-0.2, 0) is -0.565 Å². The quantitative estimate of drug-likeness (QED) is 0.330. The molecule has 1 aromatic carbocycles. The first-order chi connectivity index (χ1) is 7.47. The molecule has 0 spiro atoms. The van der Waals surface area contributed by atoms with Gasteiger partial charge in [0.05, 0.1) is 0 Å². The van der Waals surface area contributed by atoms with Gasteiger partial charge in [-0.15, -0.1) is 10.2 Å². The van der Waals surface area contributed by atoms with E-state index in [9.17, 15) is 0 Å². The van der Waals surface area contributed by atoms with Crippen LogP contribution in [0.2, 0.25) is 0 Å². The fraction of sp³-hybridized carbons (Fsp3) is 0.111. The van der Waals surface area contributed by atoms with Gasteiger partial charge >= 0.3 is 0 Å². The minimum atomic E-state index is 0.0648. The lowest BCUT2D eigenvalue weighted by Crippen LogP contribution is -1.96. The van der Waals surface area contributed by atoms with Crippen molar-refractivity contribution >= 4 is 80.4 Å². The molecule has 0 saturated heterocycles. The molecule has 7 heteroatoms. The molecule has 0 aliphatic heterocycles. The summed E-state index contributed by atoms with van der Waals surface area (Å²) in [5, 5.41) is 7.87. The van der Waals surface area contributed by atoms with Crippen LogP contribution in [0.15, 0.2) is 33.9 Å². The number of hydrogen-bond acceptors (Lipinski definition) is 4. The molecule has 2 rings (SSSR count). The van der Waals surface area contributed by atoms with Crippen LogP contribution in [0.3, 0.4) is 0 Å². The number of thiol groups is 1. The molecule has 0 aliphatic rings. The SMILES string of the molecule is Sc1nnc(-c2ccc(C(I)(I)I)cc2)o1. The lowest BCUT2D eigenvalue weighted by molar-refractivity contribution is 0.468. The Morgan fingerprint density at radius 1 is 1.06 bits per heavy atom. The van der Waals surface area contributed by atoms with Gasteiger partial charge < -0.3 is 4.42 Å². The molecule has 0 N–H and O–H groups in total. The number of rotatable bonds is 2. The Morgan fingerprint density at radius 3 is 2.12 bits per heavy atom. The minimum Gasteiger partial charge on any atom is -0.411 e. The van der Waals surface area contributed by atoms with Crippen LogP contribution in [-0.4, -0.2) is 10.2 Å². The van der Waals surface area contributed by atoms with Crippen molar-refractivity contribution in [1.29, 1.82) is 0 Å². The van der Waals surface area contributed by atoms with E-state index in [2.05, 4.69) is 103 Å². The van der Waals surface area contributed by atoms with E-state index in [1.165, 1.54) is 5.56 Å². The largest absolute Gasteiger partial charge is 0.411 e. The summed E-state index contributed by atoms with van der Waals surface area (Å²) in [6.07, 6.45) is 0. The number of halogens is 3. The molecule has 0 aliphatic carbocycles. The smallest absolute Gasteiger partial charge is 0.273 e. The highest BCUT2D eigenvalue weighted by Crippen LogP contribution is 2.46. The van der Waals surface area contributed by atoms with Crippen molar-refractivity contribution in [2.45, 2.75) is 4.66 Å². The Bertz CT molecular complexity index is 492. The van der Waals surface area contributed by atoms with Crippen LogP contribution in [0.25, 0.3) is 11.5 Å². The Labute approximate surface area is 139 Å². The number of nitrogens with zero attached hydrogens (tertiary/aromatic N) is 2. The van der Waals surface area contributed by atoms with Crippen molar-refractivity contribution in [3.8, 4) is 11.5 Å². The van der Waals surface area contributed by atoms with Crippen molar-refractivity contribution in [1.82, 2.24) is 10.2 Å². The van der Waals surface area contributed by atoms with E-state index in [0.717, 1.165) is 5.56 Å². The molecule has 2 aromatic rings. The first-order valence-corrected chi connectivity index (χ1v) is 7.85. The van der Waals surface area contributed by atoms with E-state index >= 15 is 0 Å². The molecular weight excluding hydrogens is 565 g/mol. The fourth-order valence-electron chi connectivity index (χ4n) is 1.13. The van der Waals surface area contributed by atoms with Gasteiger partial charge in [-0.3, -0.25) is 0 Å². The van der Waals surface area contributed by atoms with Gasteiger partial charge in [-0.25, -0.2) is 0 Å². The van der Waals surface area contributed by atoms with Crippen molar-refractivity contribution in [3.05, 3.63) is 29.8 Å². The predicted octanol–water partition coefficient (Wildman–Crippen LogP) is 4.44. The van der Waals surface area contributed by atoms with E-state index in [4.69, 9.17) is 4.42 Å². The van der Waals surface area contributed by atoms with Crippen LogP contribution in [0.4, 0.5) is 0 Å². The molecule has 0 atom stereocenters. The molecule has 0 amide bonds. The Kier molecular flexibility index (Phi) is 4.39. The van der Waals surface area contributed by atoms with Crippen LogP contribution < -0.4 is 0 Å². The highest BCUT2D eigenvalue weighted by atomic mass is 127. The summed E-state index contributed by atoms with van der Waals surface area (Å²) < 4.78 is 5.30. The average Bonchev–Trinajstić information content (AvgIpc) is 2.64. The van der Waals surface area contributed by atoms with E-state index in [0.29, 0.717) is 5.89 Å². The van der Waals surface area contributed by atoms with E-state index in [-0.39, 0.29) is 4.66 Å². The van der Waals surface area contributed by atoms with Gasteiger partial charge in [-0.2, -0.15) is 0 Å². The summed E-state index contributed by atoms with van der Waals surface area (Å²) in [7, 11) is 0. The average molecular weight is 570 g/mol. The Hall–Kier alpha value is 0.900. The number of alkyl halides is 3. The molecule has 16 heavy (non-hydrogen) atoms. The molecule has 0 saturated carbocycles. The molecule has 0 radical (unpaired) electrons. The van der Waals surface area contributed by atoms with Gasteiger partial charge in [0.2, 0.25) is 5.89 Å². The fourth-order valence-corrected chi connectivity index (χ4v) is 2.34. The molecule has 1 heterocycles. The van der Waals surface area contributed by atoms with E-state index in [1.807, 2.05) is 12.1 Å². The zero-order valence-corrected chi connectivity index (χ0v) is 15.1. The Morgan fingerprint density at radius 2 is 1.69 bits per heavy atom. The molecule has 0 fully saturated rings. The molecule has 1 aromatic heterocycles. The molecule has 0 bridgehead atoms. The number of aromatic nitrogens is 2. The zero-order chi connectivity index (χ0) is 11.8. The standard InChI is InChI=1S/C9H5I3N2OS/c10-9(11,12)6-3-1-5(2-4-6)7-13-14-8(16)15-7/h1-4H,(H,14,16). The lowest BCUT2D eigenvalue weighted by Gasteiger charge is -2.12. The topological polar surface area (TPSA) is 38.9 Å². The molecule has 3 nitrogen and oxygen atoms in total. The molecule has 84 valence electrons. The second-order valence-corrected chi connectivity index (χ2v) is 14.4. The first kappa shape index (κ1) is 13.3. The molecule has 0 unspecified atom stereocenters. The summed E-state index contributed by atoms with van der Waals surface area (Å²) >= 11 is 11.1. The highest BCUT2D eigenvalue weighted by Gasteiger charge is 2.20. The Balaban J connectivity index is 2.33. The van der Waals surface area contributed by atoms with Gasteiger partial charge in [0, 0.05) is 5.56 Å². The maximum absolute atomic E-state index is 5.23. The summed E-state index contributed by atoms with van der Waals surface area (Å²) in [5.41, 5.74) is 2.15. The van der Waals surface area contributed by atoms with Gasteiger partial charge in [0.15, 0.2) is 0 Å². The molecular formula is C9H5I3N2OS. The zero-order valence-electron chi connectivity index (χ0n) is 7.69. The predicted molar refractivity (Wildman–Crippen MR) is 90.7 cm³/mol. The van der Waals surface area contributed by atoms with E-state index in [1.54, 1.807) is 0 Å². The maximum Gasteiger partial charge on any atom is 0.273 e. The second-order valence-electron chi connectivity index (χ2n) is 2.96. The minimum absolute atomic E-state index is 0.0648. The van der Waals surface area contributed by atoms with Crippen molar-refractivity contribution in [3.63, 3.8) is 0 Å². The lowest BCUT2D eigenvalue weighted by atomic mass is 10.1. The summed E-state index contributed by atoms with van der Waals surface area (Å²) in [5.74, 6) is 0.498. The summed E-state index contributed by atoms with van der Waals surface area (Å²) in [4.78, 5) is 0. The number of benzene rings is 1. The summed E-state index contributed by atoms with van der Waals surface area (Å²) in [6.45, 7) is 0. The highest BCUT2D eigenvalue weighted by molar-refractivity contribution is 14.3. The van der Waals surface area contributed by atoms with Crippen LogP contribution >= 0.6 is 80.4 Å². The van der Waals surface area contributed by atoms with Crippen molar-refractivity contribution < 1.29 is 4.42 Å². The van der Waals surface area contributed by atoms with Gasteiger partial charge in [-0.05, 0) is 85.5 Å². The van der Waals surface area contributed by atoms with Crippen molar-refractivity contribution in [2.75, 3.05) is 0 Å².